The average Bonchev–Trinajstić information content (AvgIpc) is 3.32. The maximum Gasteiger partial charge on any atom is 0.415 e. The number of hydrogen-bond acceptors (Lipinski definition) is 5. The molecule has 7 heteroatoms. The zero-order chi connectivity index (χ0) is 22.6. The Morgan fingerprint density at radius 2 is 1.72 bits per heavy atom. The fourth-order valence-electron chi connectivity index (χ4n) is 4.17. The van der Waals surface area contributed by atoms with Crippen molar-refractivity contribution in [2.45, 2.75) is 70.9 Å². The van der Waals surface area contributed by atoms with Gasteiger partial charge in [-0.1, -0.05) is 43.5 Å². The van der Waals surface area contributed by atoms with Crippen LogP contribution in [0, 0.1) is 0 Å². The van der Waals surface area contributed by atoms with Crippen molar-refractivity contribution in [1.29, 1.82) is 0 Å². The van der Waals surface area contributed by atoms with Crippen LogP contribution in [-0.2, 0) is 11.3 Å². The zero-order valence-electron chi connectivity index (χ0n) is 19.0. The number of carbonyl (C=O) groups excluding carboxylic acids is 1. The van der Waals surface area contributed by atoms with Gasteiger partial charge in [-0.15, -0.1) is 10.2 Å². The summed E-state index contributed by atoms with van der Waals surface area (Å²) < 4.78 is 5.70. The standard InChI is InChI=1S/C25H31N5O2/c1-25(2,3)32-24(31)30(22-15-13-21(14-16-22)23-26-28-29-27-23)17-18-9-11-20(12-10-18)19-7-5-4-6-8-19/h9-16,19H,4-8,17H2,1-3H3,(H,26,27,28,29). The number of rotatable bonds is 5. The Balaban J connectivity index is 1.54. The average molecular weight is 434 g/mol. The van der Waals surface area contributed by atoms with Crippen LogP contribution < -0.4 is 4.90 Å². The van der Waals surface area contributed by atoms with E-state index in [-0.39, 0.29) is 6.09 Å². The van der Waals surface area contributed by atoms with Crippen molar-refractivity contribution in [3.8, 4) is 11.4 Å². The van der Waals surface area contributed by atoms with Gasteiger partial charge in [0.25, 0.3) is 0 Å². The van der Waals surface area contributed by atoms with Gasteiger partial charge >= 0.3 is 6.09 Å². The number of aromatic amines is 1. The lowest BCUT2D eigenvalue weighted by Gasteiger charge is -2.28. The smallest absolute Gasteiger partial charge is 0.415 e. The molecular formula is C25H31N5O2. The Hall–Kier alpha value is -3.22. The number of tetrazole rings is 1. The molecule has 1 aliphatic carbocycles. The third-order valence-corrected chi connectivity index (χ3v) is 5.79. The second-order valence-corrected chi connectivity index (χ2v) is 9.43. The van der Waals surface area contributed by atoms with Crippen LogP contribution in [0.2, 0.25) is 0 Å². The molecule has 0 bridgehead atoms. The van der Waals surface area contributed by atoms with Gasteiger partial charge in [-0.05, 0) is 80.1 Å². The predicted octanol–water partition coefficient (Wildman–Crippen LogP) is 5.86. The van der Waals surface area contributed by atoms with E-state index in [0.29, 0.717) is 18.3 Å². The summed E-state index contributed by atoms with van der Waals surface area (Å²) in [6.45, 7) is 6.06. The summed E-state index contributed by atoms with van der Waals surface area (Å²) in [6, 6.07) is 16.2. The number of ether oxygens (including phenoxy) is 1. The first kappa shape index (κ1) is 22.0. The van der Waals surface area contributed by atoms with E-state index in [4.69, 9.17) is 4.74 Å². The lowest BCUT2D eigenvalue weighted by Crippen LogP contribution is -2.36. The highest BCUT2D eigenvalue weighted by Gasteiger charge is 2.24. The molecule has 0 spiro atoms. The predicted molar refractivity (Wildman–Crippen MR) is 124 cm³/mol. The fourth-order valence-corrected chi connectivity index (χ4v) is 4.17. The van der Waals surface area contributed by atoms with Crippen LogP contribution in [0.15, 0.2) is 48.5 Å². The molecule has 4 rings (SSSR count). The number of aromatic nitrogens is 4. The molecule has 1 N–H and O–H groups in total. The van der Waals surface area contributed by atoms with E-state index >= 15 is 0 Å². The van der Waals surface area contributed by atoms with Crippen LogP contribution in [0.1, 0.15) is 69.9 Å². The van der Waals surface area contributed by atoms with Gasteiger partial charge < -0.3 is 4.74 Å². The lowest BCUT2D eigenvalue weighted by atomic mass is 9.84. The van der Waals surface area contributed by atoms with E-state index < -0.39 is 5.60 Å². The second-order valence-electron chi connectivity index (χ2n) is 9.43. The molecule has 0 aliphatic heterocycles. The number of H-pyrrole nitrogens is 1. The van der Waals surface area contributed by atoms with Crippen molar-refractivity contribution < 1.29 is 9.53 Å². The number of hydrogen-bond donors (Lipinski definition) is 1. The van der Waals surface area contributed by atoms with Gasteiger partial charge in [0.1, 0.15) is 5.60 Å². The first-order chi connectivity index (χ1) is 15.4. The normalized spacial score (nSPS) is 14.8. The minimum Gasteiger partial charge on any atom is -0.443 e. The van der Waals surface area contributed by atoms with Gasteiger partial charge in [0.05, 0.1) is 6.54 Å². The minimum atomic E-state index is -0.579. The number of carbonyl (C=O) groups is 1. The van der Waals surface area contributed by atoms with E-state index in [9.17, 15) is 4.79 Å². The summed E-state index contributed by atoms with van der Waals surface area (Å²) in [6.07, 6.45) is 6.16. The lowest BCUT2D eigenvalue weighted by molar-refractivity contribution is 0.0577. The van der Waals surface area contributed by atoms with Crippen molar-refractivity contribution in [3.63, 3.8) is 0 Å². The largest absolute Gasteiger partial charge is 0.443 e. The molecule has 1 aliphatic rings. The third kappa shape index (κ3) is 5.52. The highest BCUT2D eigenvalue weighted by atomic mass is 16.6. The number of benzene rings is 2. The summed E-state index contributed by atoms with van der Waals surface area (Å²) in [7, 11) is 0. The van der Waals surface area contributed by atoms with Gasteiger partial charge in [-0.25, -0.2) is 4.79 Å². The summed E-state index contributed by atoms with van der Waals surface area (Å²) in [5, 5.41) is 14.1. The highest BCUT2D eigenvalue weighted by Crippen LogP contribution is 2.33. The van der Waals surface area contributed by atoms with Gasteiger partial charge in [-0.2, -0.15) is 5.21 Å². The maximum absolute atomic E-state index is 13.1. The Labute approximate surface area is 189 Å². The van der Waals surface area contributed by atoms with Crippen LogP contribution in [0.3, 0.4) is 0 Å². The van der Waals surface area contributed by atoms with E-state index in [2.05, 4.69) is 44.9 Å². The van der Waals surface area contributed by atoms with E-state index in [0.717, 1.165) is 16.8 Å². The Kier molecular flexibility index (Phi) is 6.53. The molecule has 1 heterocycles. The summed E-state index contributed by atoms with van der Waals surface area (Å²) >= 11 is 0. The van der Waals surface area contributed by atoms with Gasteiger partial charge in [0.2, 0.25) is 5.82 Å². The molecular weight excluding hydrogens is 402 g/mol. The van der Waals surface area contributed by atoms with E-state index in [1.807, 2.05) is 45.0 Å². The molecule has 0 atom stereocenters. The fraction of sp³-hybridized carbons (Fsp3) is 0.440. The zero-order valence-corrected chi connectivity index (χ0v) is 19.0. The first-order valence-corrected chi connectivity index (χ1v) is 11.3. The van der Waals surface area contributed by atoms with Crippen LogP contribution in [-0.4, -0.2) is 32.3 Å². The quantitative estimate of drug-likeness (QED) is 0.545. The molecule has 0 unspecified atom stereocenters. The molecule has 32 heavy (non-hydrogen) atoms. The molecule has 1 aromatic heterocycles. The highest BCUT2D eigenvalue weighted by molar-refractivity contribution is 5.88. The molecule has 1 amide bonds. The Morgan fingerprint density at radius 1 is 1.03 bits per heavy atom. The molecule has 0 radical (unpaired) electrons. The maximum atomic E-state index is 13.1. The molecule has 7 nitrogen and oxygen atoms in total. The molecule has 2 aromatic carbocycles. The van der Waals surface area contributed by atoms with Crippen molar-refractivity contribution in [3.05, 3.63) is 59.7 Å². The monoisotopic (exact) mass is 433 g/mol. The van der Waals surface area contributed by atoms with Crippen LogP contribution in [0.25, 0.3) is 11.4 Å². The Morgan fingerprint density at radius 3 is 2.31 bits per heavy atom. The molecule has 168 valence electrons. The van der Waals surface area contributed by atoms with Crippen molar-refractivity contribution >= 4 is 11.8 Å². The number of amides is 1. The van der Waals surface area contributed by atoms with Crippen LogP contribution >= 0.6 is 0 Å². The van der Waals surface area contributed by atoms with Gasteiger partial charge in [0.15, 0.2) is 0 Å². The third-order valence-electron chi connectivity index (χ3n) is 5.79. The Bertz CT molecular complexity index is 1000. The second kappa shape index (κ2) is 9.51. The molecule has 0 saturated heterocycles. The molecule has 1 saturated carbocycles. The van der Waals surface area contributed by atoms with E-state index in [1.165, 1.54) is 37.7 Å². The summed E-state index contributed by atoms with van der Waals surface area (Å²) in [4.78, 5) is 14.7. The van der Waals surface area contributed by atoms with E-state index in [1.54, 1.807) is 4.90 Å². The minimum absolute atomic E-state index is 0.374. The van der Waals surface area contributed by atoms with Gasteiger partial charge in [-0.3, -0.25) is 4.90 Å². The molecule has 3 aromatic rings. The number of anilines is 1. The topological polar surface area (TPSA) is 84.0 Å². The van der Waals surface area contributed by atoms with Crippen LogP contribution in [0.5, 0.6) is 0 Å². The number of nitrogens with one attached hydrogen (secondary N) is 1. The number of nitrogens with zero attached hydrogens (tertiary/aromatic N) is 4. The van der Waals surface area contributed by atoms with Crippen molar-refractivity contribution in [2.24, 2.45) is 0 Å². The summed E-state index contributed by atoms with van der Waals surface area (Å²) in [5.41, 5.74) is 3.47. The SMILES string of the molecule is CC(C)(C)OC(=O)N(Cc1ccc(C2CCCCC2)cc1)c1ccc(-c2nn[nH]n2)cc1. The van der Waals surface area contributed by atoms with Crippen molar-refractivity contribution in [1.82, 2.24) is 20.6 Å². The van der Waals surface area contributed by atoms with Crippen LogP contribution in [0.4, 0.5) is 10.5 Å². The summed E-state index contributed by atoms with van der Waals surface area (Å²) in [5.74, 6) is 1.18. The van der Waals surface area contributed by atoms with Gasteiger partial charge in [0, 0.05) is 11.3 Å². The first-order valence-electron chi connectivity index (χ1n) is 11.3. The molecule has 1 fully saturated rings. The van der Waals surface area contributed by atoms with Crippen molar-refractivity contribution in [2.75, 3.05) is 4.90 Å².